The topological polar surface area (TPSA) is 30.5 Å². The summed E-state index contributed by atoms with van der Waals surface area (Å²) in [4.78, 5) is 0. The smallest absolute Gasteiger partial charge is 0.176 e. The maximum atomic E-state index is 14.1. The Bertz CT molecular complexity index is 397. The molecule has 0 saturated carbocycles. The van der Waals surface area contributed by atoms with Crippen molar-refractivity contribution in [2.75, 3.05) is 19.8 Å². The molecule has 1 N–H and O–H groups in total. The lowest BCUT2D eigenvalue weighted by Gasteiger charge is -2.28. The van der Waals surface area contributed by atoms with Crippen molar-refractivity contribution in [3.8, 4) is 0 Å². The molecule has 0 spiro atoms. The number of nitrogens with one attached hydrogen (secondary N) is 1. The molecule has 0 saturated heterocycles. The van der Waals surface area contributed by atoms with Crippen molar-refractivity contribution < 1.29 is 13.9 Å². The molecule has 0 bridgehead atoms. The molecule has 1 atom stereocenters. The largest absolute Gasteiger partial charge is 0.351 e. The molecular weight excluding hydrogens is 281 g/mol. The molecule has 0 aliphatic rings. The summed E-state index contributed by atoms with van der Waals surface area (Å²) in [6.07, 6.45) is 0.420. The van der Waals surface area contributed by atoms with E-state index in [2.05, 4.69) is 12.2 Å². The van der Waals surface area contributed by atoms with E-state index in [1.165, 1.54) is 6.07 Å². The fraction of sp³-hybridized carbons (Fsp3) is 0.600. The van der Waals surface area contributed by atoms with Crippen molar-refractivity contribution in [2.24, 2.45) is 0 Å². The molecule has 0 radical (unpaired) electrons. The Morgan fingerprint density at radius 3 is 2.35 bits per heavy atom. The summed E-state index contributed by atoms with van der Waals surface area (Å²) in [5, 5.41) is 3.66. The summed E-state index contributed by atoms with van der Waals surface area (Å²) in [7, 11) is 0. The summed E-state index contributed by atoms with van der Waals surface area (Å²) < 4.78 is 25.3. The maximum Gasteiger partial charge on any atom is 0.176 e. The molecule has 3 nitrogen and oxygen atoms in total. The summed E-state index contributed by atoms with van der Waals surface area (Å²) in [6, 6.07) is 4.31. The van der Waals surface area contributed by atoms with Gasteiger partial charge >= 0.3 is 0 Å². The Morgan fingerprint density at radius 1 is 1.20 bits per heavy atom. The molecule has 114 valence electrons. The van der Waals surface area contributed by atoms with Crippen LogP contribution in [0.1, 0.15) is 38.8 Å². The van der Waals surface area contributed by atoms with E-state index in [-0.39, 0.29) is 11.9 Å². The Balaban J connectivity index is 3.01. The first kappa shape index (κ1) is 17.4. The van der Waals surface area contributed by atoms with Gasteiger partial charge in [-0.2, -0.15) is 0 Å². The molecule has 20 heavy (non-hydrogen) atoms. The average molecular weight is 304 g/mol. The lowest BCUT2D eigenvalue weighted by atomic mass is 10.1. The number of ether oxygens (including phenoxy) is 2. The minimum atomic E-state index is -0.521. The van der Waals surface area contributed by atoms with E-state index in [9.17, 15) is 4.39 Å². The first-order chi connectivity index (χ1) is 9.63. The van der Waals surface area contributed by atoms with Gasteiger partial charge in [0, 0.05) is 23.8 Å². The molecule has 1 aromatic rings. The molecule has 0 aromatic heterocycles. The predicted molar refractivity (Wildman–Crippen MR) is 79.5 cm³/mol. The van der Waals surface area contributed by atoms with Crippen LogP contribution in [0.2, 0.25) is 5.02 Å². The zero-order valence-electron chi connectivity index (χ0n) is 12.3. The van der Waals surface area contributed by atoms with Crippen LogP contribution in [0.4, 0.5) is 4.39 Å². The minimum Gasteiger partial charge on any atom is -0.351 e. The molecule has 0 heterocycles. The van der Waals surface area contributed by atoms with Crippen LogP contribution in [0.5, 0.6) is 0 Å². The monoisotopic (exact) mass is 303 g/mol. The van der Waals surface area contributed by atoms with Crippen molar-refractivity contribution in [3.63, 3.8) is 0 Å². The van der Waals surface area contributed by atoms with Gasteiger partial charge in [-0.05, 0) is 38.9 Å². The molecule has 0 fully saturated rings. The second-order valence-corrected chi connectivity index (χ2v) is 4.81. The van der Waals surface area contributed by atoms with E-state index in [0.29, 0.717) is 23.8 Å². The van der Waals surface area contributed by atoms with Crippen LogP contribution in [-0.2, 0) is 9.47 Å². The highest BCUT2D eigenvalue weighted by molar-refractivity contribution is 6.30. The van der Waals surface area contributed by atoms with Crippen molar-refractivity contribution in [2.45, 2.75) is 39.5 Å². The number of hydrogen-bond donors (Lipinski definition) is 1. The van der Waals surface area contributed by atoms with Gasteiger partial charge in [0.1, 0.15) is 5.82 Å². The lowest BCUT2D eigenvalue weighted by molar-refractivity contribution is -0.155. The van der Waals surface area contributed by atoms with Crippen LogP contribution >= 0.6 is 11.6 Å². The predicted octanol–water partition coefficient (Wildman–Crippen LogP) is 3.92. The van der Waals surface area contributed by atoms with E-state index >= 15 is 0 Å². The van der Waals surface area contributed by atoms with Crippen molar-refractivity contribution in [3.05, 3.63) is 34.6 Å². The summed E-state index contributed by atoms with van der Waals surface area (Å²) >= 11 is 5.80. The standard InChI is InChI=1S/C15H23ClFNO2/c1-4-9-18-14(15(19-5-2)20-6-3)12-8-7-11(16)10-13(12)17/h7-8,10,14-15,18H,4-6,9H2,1-3H3. The number of rotatable bonds is 9. The molecular formula is C15H23ClFNO2. The molecule has 0 aliphatic carbocycles. The zero-order valence-corrected chi connectivity index (χ0v) is 13.0. The Morgan fingerprint density at radius 2 is 1.85 bits per heavy atom. The van der Waals surface area contributed by atoms with Crippen molar-refractivity contribution in [1.82, 2.24) is 5.32 Å². The van der Waals surface area contributed by atoms with Crippen LogP contribution in [0.25, 0.3) is 0 Å². The van der Waals surface area contributed by atoms with Gasteiger partial charge in [0.05, 0.1) is 6.04 Å². The third-order valence-corrected chi connectivity index (χ3v) is 3.08. The highest BCUT2D eigenvalue weighted by Gasteiger charge is 2.26. The van der Waals surface area contributed by atoms with Gasteiger partial charge in [0.25, 0.3) is 0 Å². The van der Waals surface area contributed by atoms with E-state index in [1.54, 1.807) is 12.1 Å². The van der Waals surface area contributed by atoms with E-state index < -0.39 is 6.29 Å². The Hall–Kier alpha value is -0.680. The Kier molecular flexibility index (Phi) is 8.07. The van der Waals surface area contributed by atoms with Crippen molar-refractivity contribution >= 4 is 11.6 Å². The molecule has 1 aromatic carbocycles. The van der Waals surface area contributed by atoms with Gasteiger partial charge in [-0.15, -0.1) is 0 Å². The number of hydrogen-bond acceptors (Lipinski definition) is 3. The first-order valence-corrected chi connectivity index (χ1v) is 7.43. The van der Waals surface area contributed by atoms with Crippen LogP contribution in [0.15, 0.2) is 18.2 Å². The quantitative estimate of drug-likeness (QED) is 0.701. The molecule has 1 rings (SSSR count). The average Bonchev–Trinajstić information content (AvgIpc) is 2.41. The highest BCUT2D eigenvalue weighted by atomic mass is 35.5. The molecule has 5 heteroatoms. The lowest BCUT2D eigenvalue weighted by Crippen LogP contribution is -2.37. The third-order valence-electron chi connectivity index (χ3n) is 2.85. The van der Waals surface area contributed by atoms with Gasteiger partial charge < -0.3 is 14.8 Å². The minimum absolute atomic E-state index is 0.351. The molecule has 0 aliphatic heterocycles. The van der Waals surface area contributed by atoms with Crippen LogP contribution < -0.4 is 5.32 Å². The maximum absolute atomic E-state index is 14.1. The van der Waals surface area contributed by atoms with Gasteiger partial charge in [0.15, 0.2) is 6.29 Å². The van der Waals surface area contributed by atoms with Gasteiger partial charge in [-0.25, -0.2) is 4.39 Å². The van der Waals surface area contributed by atoms with Gasteiger partial charge in [0.2, 0.25) is 0 Å². The fourth-order valence-corrected chi connectivity index (χ4v) is 2.13. The summed E-state index contributed by atoms with van der Waals surface area (Å²) in [6.45, 7) is 7.60. The van der Waals surface area contributed by atoms with Gasteiger partial charge in [-0.1, -0.05) is 24.6 Å². The number of benzene rings is 1. The summed E-state index contributed by atoms with van der Waals surface area (Å²) in [5.74, 6) is -0.351. The van der Waals surface area contributed by atoms with Gasteiger partial charge in [-0.3, -0.25) is 0 Å². The highest BCUT2D eigenvalue weighted by Crippen LogP contribution is 2.25. The third kappa shape index (κ3) is 5.02. The van der Waals surface area contributed by atoms with E-state index in [0.717, 1.165) is 13.0 Å². The van der Waals surface area contributed by atoms with Crippen molar-refractivity contribution in [1.29, 1.82) is 0 Å². The normalized spacial score (nSPS) is 12.9. The Labute approximate surface area is 125 Å². The first-order valence-electron chi connectivity index (χ1n) is 7.05. The SMILES string of the molecule is CCCNC(c1ccc(Cl)cc1F)C(OCC)OCC. The van der Waals surface area contributed by atoms with Crippen LogP contribution in [0, 0.1) is 5.82 Å². The van der Waals surface area contributed by atoms with Crippen LogP contribution in [-0.4, -0.2) is 26.0 Å². The summed E-state index contributed by atoms with van der Waals surface area (Å²) in [5.41, 5.74) is 0.509. The molecule has 1 unspecified atom stereocenters. The second-order valence-electron chi connectivity index (χ2n) is 4.38. The number of halogens is 2. The fourth-order valence-electron chi connectivity index (χ4n) is 1.98. The molecule has 0 amide bonds. The van der Waals surface area contributed by atoms with E-state index in [1.807, 2.05) is 13.8 Å². The second kappa shape index (κ2) is 9.29. The zero-order chi connectivity index (χ0) is 15.0. The van der Waals surface area contributed by atoms with E-state index in [4.69, 9.17) is 21.1 Å². The van der Waals surface area contributed by atoms with Crippen LogP contribution in [0.3, 0.4) is 0 Å².